The Bertz CT molecular complexity index is 1810. The van der Waals surface area contributed by atoms with E-state index in [0.717, 1.165) is 11.1 Å². The monoisotopic (exact) mass is 668 g/mol. The van der Waals surface area contributed by atoms with E-state index < -0.39 is 65.4 Å². The van der Waals surface area contributed by atoms with Gasteiger partial charge in [-0.2, -0.15) is 0 Å². The van der Waals surface area contributed by atoms with Gasteiger partial charge in [0.25, 0.3) is 5.91 Å². The maximum Gasteiger partial charge on any atom is 0.306 e. The third-order valence-electron chi connectivity index (χ3n) is 10.1. The van der Waals surface area contributed by atoms with Crippen LogP contribution in [0.2, 0.25) is 0 Å². The van der Waals surface area contributed by atoms with E-state index in [-0.39, 0.29) is 38.8 Å². The first kappa shape index (κ1) is 32.7. The second-order valence-corrected chi connectivity index (χ2v) is 13.4. The molecule has 4 aliphatic rings. The Balaban J connectivity index is 1.31. The van der Waals surface area contributed by atoms with Gasteiger partial charge in [-0.3, -0.25) is 19.2 Å². The number of hydrogen-bond acceptors (Lipinski definition) is 9. The van der Waals surface area contributed by atoms with E-state index in [2.05, 4.69) is 15.6 Å². The number of carbonyl (C=O) groups excluding carboxylic acids is 4. The highest BCUT2D eigenvalue weighted by molar-refractivity contribution is 6.00. The number of aromatic nitrogens is 3. The molecule has 3 amide bonds. The number of ether oxygens (including phenoxy) is 2. The van der Waals surface area contributed by atoms with E-state index in [1.165, 1.54) is 4.90 Å². The van der Waals surface area contributed by atoms with Crippen LogP contribution in [0.25, 0.3) is 11.0 Å². The average Bonchev–Trinajstić information content (AvgIpc) is 3.85. The van der Waals surface area contributed by atoms with Gasteiger partial charge < -0.3 is 29.7 Å². The molecule has 0 radical (unpaired) electrons. The molecule has 2 N–H and O–H groups in total. The zero-order chi connectivity index (χ0) is 34.3. The number of hydrogen-bond donors (Lipinski definition) is 2. The number of para-hydroxylation sites is 1. The van der Waals surface area contributed by atoms with Crippen LogP contribution in [0.1, 0.15) is 38.3 Å². The highest BCUT2D eigenvalue weighted by atomic mass is 16.5. The molecule has 2 saturated heterocycles. The smallest absolute Gasteiger partial charge is 0.306 e. The highest BCUT2D eigenvalue weighted by Crippen LogP contribution is 2.56. The number of aliphatic hydroxyl groups excluding tert-OH is 1. The zero-order valence-corrected chi connectivity index (χ0v) is 27.4. The lowest BCUT2D eigenvalue weighted by Gasteiger charge is -2.39. The van der Waals surface area contributed by atoms with Crippen LogP contribution in [0.4, 0.5) is 0 Å². The van der Waals surface area contributed by atoms with Crippen molar-refractivity contribution in [1.82, 2.24) is 30.1 Å². The first-order valence-corrected chi connectivity index (χ1v) is 16.8. The van der Waals surface area contributed by atoms with Crippen molar-refractivity contribution in [2.75, 3.05) is 19.8 Å². The number of amides is 3. The lowest BCUT2D eigenvalue weighted by atomic mass is 9.74. The van der Waals surface area contributed by atoms with Crippen molar-refractivity contribution in [3.8, 4) is 0 Å². The fraction of sp³-hybridized carbons (Fsp3) is 0.444. The zero-order valence-electron chi connectivity index (χ0n) is 27.4. The SMILES string of the molecule is CC(C)[C@H](CO)N1C(=O)[C@H]2[C@@H]3C(=O)N[C@H](c4ccccc4)COC(=O)CC/C=C\CN(Cn4nnc5ccccc54)C(=O)[C@H]1[C@@]21C=C[C@@H]3O1. The molecular weight excluding hydrogens is 628 g/mol. The van der Waals surface area contributed by atoms with Gasteiger partial charge in [-0.05, 0) is 30.0 Å². The molecule has 49 heavy (non-hydrogen) atoms. The van der Waals surface area contributed by atoms with Crippen LogP contribution < -0.4 is 5.32 Å². The number of fused-ring (bicyclic) bond motifs is 3. The Morgan fingerprint density at radius 3 is 2.57 bits per heavy atom. The Morgan fingerprint density at radius 1 is 1.02 bits per heavy atom. The molecule has 5 heterocycles. The maximum absolute atomic E-state index is 15.0. The summed E-state index contributed by atoms with van der Waals surface area (Å²) in [6, 6.07) is 14.0. The molecular formula is C36H40N6O7. The number of carbonyl (C=O) groups is 4. The van der Waals surface area contributed by atoms with Gasteiger partial charge in [-0.1, -0.05) is 85.8 Å². The number of likely N-dealkylation sites (tertiary alicyclic amines) is 1. The third-order valence-corrected chi connectivity index (χ3v) is 10.1. The predicted octanol–water partition coefficient (Wildman–Crippen LogP) is 2.14. The standard InChI is InChI=1S/C36H40N6O7/c1-22(2)27(19-43)42-32-35(47)40(21-41-26-14-9-8-13-24(26)38-39-41)18-10-4-7-15-29(44)48-20-25(23-11-5-3-6-12-23)37-33(45)30-28-16-17-36(32,49-28)31(30)34(42)46/h3-6,8-14,16-17,22,25,27-28,30-32,43H,7,15,18-21H2,1-2H3,(H,37,45)/b10-4-/t25-,27-,28-,30+,31+,32-,36+/m0/s1. The van der Waals surface area contributed by atoms with Crippen molar-refractivity contribution in [3.05, 3.63) is 84.5 Å². The van der Waals surface area contributed by atoms with Gasteiger partial charge in [0.1, 0.15) is 30.4 Å². The van der Waals surface area contributed by atoms with Crippen molar-refractivity contribution >= 4 is 34.7 Å². The minimum absolute atomic E-state index is 0.00624. The number of cyclic esters (lactones) is 1. The third kappa shape index (κ3) is 5.70. The minimum atomic E-state index is -1.45. The largest absolute Gasteiger partial charge is 0.463 e. The summed E-state index contributed by atoms with van der Waals surface area (Å²) in [7, 11) is 0. The van der Waals surface area contributed by atoms with Crippen molar-refractivity contribution < 1.29 is 33.8 Å². The van der Waals surface area contributed by atoms with Crippen molar-refractivity contribution in [2.24, 2.45) is 17.8 Å². The normalized spacial score (nSPS) is 30.2. The number of aliphatic hydroxyl groups is 1. The molecule has 7 rings (SSSR count). The number of allylic oxidation sites excluding steroid dienone is 1. The highest BCUT2D eigenvalue weighted by Gasteiger charge is 2.74. The first-order valence-electron chi connectivity index (χ1n) is 16.8. The summed E-state index contributed by atoms with van der Waals surface area (Å²) in [5.41, 5.74) is 0.672. The molecule has 1 aromatic heterocycles. The van der Waals surface area contributed by atoms with E-state index in [4.69, 9.17) is 9.47 Å². The Labute approximate surface area is 283 Å². The molecule has 1 spiro atoms. The number of esters is 1. The van der Waals surface area contributed by atoms with E-state index >= 15 is 4.79 Å². The van der Waals surface area contributed by atoms with Crippen molar-refractivity contribution in [2.45, 2.75) is 63.2 Å². The van der Waals surface area contributed by atoms with Crippen LogP contribution in [-0.2, 0) is 35.3 Å². The van der Waals surface area contributed by atoms with Crippen LogP contribution in [-0.4, -0.2) is 97.1 Å². The first-order chi connectivity index (χ1) is 23.7. The molecule has 0 aliphatic carbocycles. The van der Waals surface area contributed by atoms with Crippen LogP contribution >= 0.6 is 0 Å². The molecule has 0 saturated carbocycles. The van der Waals surface area contributed by atoms with E-state index in [0.29, 0.717) is 11.9 Å². The summed E-state index contributed by atoms with van der Waals surface area (Å²) in [6.45, 7) is 3.42. The predicted molar refractivity (Wildman–Crippen MR) is 176 cm³/mol. The summed E-state index contributed by atoms with van der Waals surface area (Å²) in [6.07, 6.45) is 6.83. The molecule has 5 bridgehead atoms. The average molecular weight is 669 g/mol. The molecule has 4 aliphatic heterocycles. The number of benzene rings is 2. The second-order valence-electron chi connectivity index (χ2n) is 13.4. The van der Waals surface area contributed by atoms with Crippen LogP contribution in [0.5, 0.6) is 0 Å². The molecule has 0 unspecified atom stereocenters. The van der Waals surface area contributed by atoms with Gasteiger partial charge in [0, 0.05) is 13.0 Å². The minimum Gasteiger partial charge on any atom is -0.463 e. The summed E-state index contributed by atoms with van der Waals surface area (Å²) >= 11 is 0. The molecule has 13 heteroatoms. The Hall–Kier alpha value is -4.88. The van der Waals surface area contributed by atoms with E-state index in [1.54, 1.807) is 27.8 Å². The van der Waals surface area contributed by atoms with Crippen molar-refractivity contribution in [1.29, 1.82) is 0 Å². The lowest BCUT2D eigenvalue weighted by Crippen LogP contribution is -2.59. The van der Waals surface area contributed by atoms with Gasteiger partial charge in [0.15, 0.2) is 0 Å². The van der Waals surface area contributed by atoms with Crippen LogP contribution in [0, 0.1) is 17.8 Å². The second kappa shape index (κ2) is 13.2. The van der Waals surface area contributed by atoms with E-state index in [1.807, 2.05) is 74.5 Å². The fourth-order valence-corrected chi connectivity index (χ4v) is 7.68. The summed E-state index contributed by atoms with van der Waals surface area (Å²) in [5.74, 6) is -3.92. The van der Waals surface area contributed by atoms with Crippen molar-refractivity contribution in [3.63, 3.8) is 0 Å². The van der Waals surface area contributed by atoms with Gasteiger partial charge in [0.05, 0.1) is 42.1 Å². The molecule has 3 aromatic rings. The van der Waals surface area contributed by atoms with Crippen LogP contribution in [0.3, 0.4) is 0 Å². The molecule has 2 fully saturated rings. The maximum atomic E-state index is 15.0. The quantitative estimate of drug-likeness (QED) is 0.297. The van der Waals surface area contributed by atoms with Gasteiger partial charge >= 0.3 is 5.97 Å². The molecule has 256 valence electrons. The number of nitrogens with one attached hydrogen (secondary N) is 1. The van der Waals surface area contributed by atoms with Gasteiger partial charge in [-0.15, -0.1) is 5.10 Å². The molecule has 7 atom stereocenters. The summed E-state index contributed by atoms with van der Waals surface area (Å²) < 4.78 is 13.8. The fourth-order valence-electron chi connectivity index (χ4n) is 7.68. The Morgan fingerprint density at radius 2 is 1.80 bits per heavy atom. The molecule has 13 nitrogen and oxygen atoms in total. The number of nitrogens with zero attached hydrogens (tertiary/aromatic N) is 5. The summed E-state index contributed by atoms with van der Waals surface area (Å²) in [4.78, 5) is 59.7. The van der Waals surface area contributed by atoms with Gasteiger partial charge in [-0.25, -0.2) is 4.68 Å². The van der Waals surface area contributed by atoms with Crippen LogP contribution in [0.15, 0.2) is 78.9 Å². The Kier molecular flexibility index (Phi) is 8.80. The topological polar surface area (TPSA) is 156 Å². The lowest BCUT2D eigenvalue weighted by molar-refractivity contribution is -0.152. The number of rotatable bonds is 6. The van der Waals surface area contributed by atoms with E-state index in [9.17, 15) is 19.5 Å². The molecule has 2 aromatic carbocycles. The van der Waals surface area contributed by atoms with Gasteiger partial charge in [0.2, 0.25) is 11.8 Å². The summed E-state index contributed by atoms with van der Waals surface area (Å²) in [5, 5.41) is 22.2.